The fourth-order valence-electron chi connectivity index (χ4n) is 1.20. The molecular formula is C6H10N4O. The molecule has 5 heteroatoms. The quantitative estimate of drug-likeness (QED) is 0.440. The van der Waals surface area contributed by atoms with Crippen molar-refractivity contribution in [3.63, 3.8) is 0 Å². The van der Waals surface area contributed by atoms with Gasteiger partial charge in [0.25, 0.3) is 0 Å². The van der Waals surface area contributed by atoms with Gasteiger partial charge in [0.15, 0.2) is 6.29 Å². The van der Waals surface area contributed by atoms with E-state index in [1.807, 2.05) is 6.92 Å². The molecule has 1 unspecified atom stereocenters. The Morgan fingerprint density at radius 3 is 3.45 bits per heavy atom. The Morgan fingerprint density at radius 2 is 2.64 bits per heavy atom. The van der Waals surface area contributed by atoms with Crippen LogP contribution in [0.2, 0.25) is 0 Å². The summed E-state index contributed by atoms with van der Waals surface area (Å²) in [7, 11) is 0. The third-order valence-electron chi connectivity index (χ3n) is 1.69. The second-order valence-corrected chi connectivity index (χ2v) is 2.56. The number of hydrogen-bond acceptors (Lipinski definition) is 5. The standard InChI is InChI=1S/C6H10N4O/c1-4-2-5(11)10-6(9-4)7-3-8-10/h2,6-8,11H,3H2,1H3. The van der Waals surface area contributed by atoms with Crippen LogP contribution < -0.4 is 10.7 Å². The highest BCUT2D eigenvalue weighted by molar-refractivity contribution is 5.93. The van der Waals surface area contributed by atoms with Gasteiger partial charge in [-0.15, -0.1) is 0 Å². The van der Waals surface area contributed by atoms with E-state index in [4.69, 9.17) is 0 Å². The lowest BCUT2D eigenvalue weighted by molar-refractivity contribution is 0.138. The third-order valence-corrected chi connectivity index (χ3v) is 1.69. The minimum Gasteiger partial charge on any atom is -0.494 e. The molecule has 60 valence electrons. The van der Waals surface area contributed by atoms with Gasteiger partial charge in [-0.3, -0.25) is 5.32 Å². The molecule has 2 rings (SSSR count). The monoisotopic (exact) mass is 154 g/mol. The van der Waals surface area contributed by atoms with Crippen molar-refractivity contribution in [3.8, 4) is 0 Å². The van der Waals surface area contributed by atoms with Gasteiger partial charge in [0.05, 0.1) is 6.67 Å². The zero-order chi connectivity index (χ0) is 7.84. The molecule has 1 saturated heterocycles. The van der Waals surface area contributed by atoms with Crippen molar-refractivity contribution in [2.75, 3.05) is 6.67 Å². The molecule has 0 spiro atoms. The predicted molar refractivity (Wildman–Crippen MR) is 40.6 cm³/mol. The number of aliphatic hydroxyl groups is 1. The molecule has 11 heavy (non-hydrogen) atoms. The summed E-state index contributed by atoms with van der Waals surface area (Å²) < 4.78 is 0. The van der Waals surface area contributed by atoms with Gasteiger partial charge in [0, 0.05) is 11.8 Å². The molecule has 0 amide bonds. The summed E-state index contributed by atoms with van der Waals surface area (Å²) >= 11 is 0. The van der Waals surface area contributed by atoms with E-state index in [1.54, 1.807) is 11.1 Å². The van der Waals surface area contributed by atoms with Crippen molar-refractivity contribution in [3.05, 3.63) is 12.0 Å². The summed E-state index contributed by atoms with van der Waals surface area (Å²) in [6.07, 6.45) is 1.48. The van der Waals surface area contributed by atoms with Gasteiger partial charge >= 0.3 is 0 Å². The number of fused-ring (bicyclic) bond motifs is 1. The average molecular weight is 154 g/mol. The van der Waals surface area contributed by atoms with Crippen molar-refractivity contribution in [2.45, 2.75) is 13.2 Å². The fraction of sp³-hybridized carbons (Fsp3) is 0.500. The van der Waals surface area contributed by atoms with E-state index in [1.165, 1.54) is 0 Å². The van der Waals surface area contributed by atoms with Crippen LogP contribution in [-0.2, 0) is 0 Å². The normalized spacial score (nSPS) is 29.5. The summed E-state index contributed by atoms with van der Waals surface area (Å²) in [5, 5.41) is 14.0. The minimum absolute atomic E-state index is 0.139. The number of aliphatic imine (C=N–C) groups is 1. The highest BCUT2D eigenvalue weighted by Crippen LogP contribution is 2.12. The summed E-state index contributed by atoms with van der Waals surface area (Å²) in [4.78, 5) is 4.23. The number of hydrazine groups is 1. The van der Waals surface area contributed by atoms with Crippen LogP contribution in [0.4, 0.5) is 0 Å². The molecule has 5 nitrogen and oxygen atoms in total. The highest BCUT2D eigenvalue weighted by Gasteiger charge is 2.27. The van der Waals surface area contributed by atoms with Crippen LogP contribution in [0.1, 0.15) is 6.92 Å². The van der Waals surface area contributed by atoms with E-state index < -0.39 is 0 Å². The highest BCUT2D eigenvalue weighted by atomic mass is 16.3. The summed E-state index contributed by atoms with van der Waals surface area (Å²) in [6, 6.07) is 0. The maximum Gasteiger partial charge on any atom is 0.206 e. The molecule has 0 saturated carbocycles. The molecule has 1 fully saturated rings. The van der Waals surface area contributed by atoms with E-state index in [2.05, 4.69) is 15.7 Å². The Bertz CT molecular complexity index is 235. The second kappa shape index (κ2) is 2.21. The summed E-state index contributed by atoms with van der Waals surface area (Å²) in [5.41, 5.74) is 3.76. The Labute approximate surface area is 64.4 Å². The molecular weight excluding hydrogens is 144 g/mol. The molecule has 0 aromatic rings. The Balaban J connectivity index is 2.28. The van der Waals surface area contributed by atoms with Crippen LogP contribution in [0.3, 0.4) is 0 Å². The molecule has 2 aliphatic rings. The molecule has 0 aromatic heterocycles. The van der Waals surface area contributed by atoms with E-state index in [-0.39, 0.29) is 12.2 Å². The van der Waals surface area contributed by atoms with Crippen LogP contribution in [0, 0.1) is 0 Å². The van der Waals surface area contributed by atoms with Crippen molar-refractivity contribution >= 4 is 5.71 Å². The number of nitrogens with one attached hydrogen (secondary N) is 2. The van der Waals surface area contributed by atoms with Crippen LogP contribution in [0.5, 0.6) is 0 Å². The zero-order valence-electron chi connectivity index (χ0n) is 6.20. The van der Waals surface area contributed by atoms with Crippen molar-refractivity contribution in [1.82, 2.24) is 15.8 Å². The maximum absolute atomic E-state index is 9.35. The van der Waals surface area contributed by atoms with Crippen LogP contribution in [0.15, 0.2) is 17.0 Å². The largest absolute Gasteiger partial charge is 0.494 e. The SMILES string of the molecule is CC1=NC2NCNN2C(O)=C1. The van der Waals surface area contributed by atoms with E-state index in [0.29, 0.717) is 6.67 Å². The number of allylic oxidation sites excluding steroid dienone is 1. The van der Waals surface area contributed by atoms with Gasteiger partial charge in [-0.05, 0) is 6.92 Å². The summed E-state index contributed by atoms with van der Waals surface area (Å²) in [5.74, 6) is 0.215. The smallest absolute Gasteiger partial charge is 0.206 e. The first-order valence-corrected chi connectivity index (χ1v) is 3.48. The fourth-order valence-corrected chi connectivity index (χ4v) is 1.20. The van der Waals surface area contributed by atoms with Gasteiger partial charge in [0.1, 0.15) is 0 Å². The Kier molecular flexibility index (Phi) is 1.33. The molecule has 3 N–H and O–H groups in total. The van der Waals surface area contributed by atoms with Crippen molar-refractivity contribution in [1.29, 1.82) is 0 Å². The number of nitrogens with zero attached hydrogens (tertiary/aromatic N) is 2. The number of rotatable bonds is 0. The molecule has 0 aliphatic carbocycles. The first kappa shape index (κ1) is 6.63. The van der Waals surface area contributed by atoms with E-state index >= 15 is 0 Å². The second-order valence-electron chi connectivity index (χ2n) is 2.56. The Morgan fingerprint density at radius 1 is 1.82 bits per heavy atom. The van der Waals surface area contributed by atoms with Crippen molar-refractivity contribution in [2.24, 2.45) is 4.99 Å². The molecule has 0 bridgehead atoms. The zero-order valence-corrected chi connectivity index (χ0v) is 6.20. The van der Waals surface area contributed by atoms with Gasteiger partial charge in [-0.1, -0.05) is 0 Å². The van der Waals surface area contributed by atoms with Crippen LogP contribution >= 0.6 is 0 Å². The van der Waals surface area contributed by atoms with Gasteiger partial charge in [-0.2, -0.15) is 0 Å². The van der Waals surface area contributed by atoms with Crippen LogP contribution in [-0.4, -0.2) is 28.8 Å². The molecule has 2 aliphatic heterocycles. The lowest BCUT2D eigenvalue weighted by Gasteiger charge is -2.24. The molecule has 0 radical (unpaired) electrons. The maximum atomic E-state index is 9.35. The molecule has 2 heterocycles. The number of hydrogen-bond donors (Lipinski definition) is 3. The topological polar surface area (TPSA) is 59.9 Å². The molecule has 1 atom stereocenters. The van der Waals surface area contributed by atoms with Gasteiger partial charge < -0.3 is 5.11 Å². The first-order valence-electron chi connectivity index (χ1n) is 3.48. The van der Waals surface area contributed by atoms with Gasteiger partial charge in [-0.25, -0.2) is 15.4 Å². The van der Waals surface area contributed by atoms with E-state index in [0.717, 1.165) is 5.71 Å². The summed E-state index contributed by atoms with van der Waals surface area (Å²) in [6.45, 7) is 2.49. The first-order chi connectivity index (χ1) is 5.27. The third kappa shape index (κ3) is 0.979. The number of aliphatic hydroxyl groups excluding tert-OH is 1. The molecule has 0 aromatic carbocycles. The van der Waals surface area contributed by atoms with Gasteiger partial charge in [0.2, 0.25) is 5.88 Å². The van der Waals surface area contributed by atoms with E-state index in [9.17, 15) is 5.11 Å². The average Bonchev–Trinajstić information content (AvgIpc) is 2.34. The minimum atomic E-state index is -0.139. The Hall–Kier alpha value is -1.07. The predicted octanol–water partition coefficient (Wildman–Crippen LogP) is -0.489. The lowest BCUT2D eigenvalue weighted by Crippen LogP contribution is -2.40. The van der Waals surface area contributed by atoms with Crippen LogP contribution in [0.25, 0.3) is 0 Å². The lowest BCUT2D eigenvalue weighted by atomic mass is 10.3. The van der Waals surface area contributed by atoms with Crippen molar-refractivity contribution < 1.29 is 5.11 Å².